The molecule has 1 atom stereocenters. The number of carbonyl (C=O) groups excluding carboxylic acids is 1. The topological polar surface area (TPSA) is 84.7 Å². The minimum Gasteiger partial charge on any atom is -0.359 e. The number of hydrogen-bond donors (Lipinski definition) is 2. The first-order valence-corrected chi connectivity index (χ1v) is 6.82. The highest BCUT2D eigenvalue weighted by Crippen LogP contribution is 2.25. The van der Waals surface area contributed by atoms with Crippen LogP contribution in [0.3, 0.4) is 0 Å². The molecule has 112 valence electrons. The number of nitrogens with one attached hydrogen (secondary N) is 2. The Morgan fingerprint density at radius 3 is 2.67 bits per heavy atom. The van der Waals surface area contributed by atoms with E-state index in [1.807, 2.05) is 7.05 Å². The zero-order valence-corrected chi connectivity index (χ0v) is 12.7. The molecule has 2 heterocycles. The predicted molar refractivity (Wildman–Crippen MR) is 79.8 cm³/mol. The third-order valence-electron chi connectivity index (χ3n) is 3.26. The molecule has 0 saturated heterocycles. The van der Waals surface area contributed by atoms with Crippen molar-refractivity contribution in [3.05, 3.63) is 36.0 Å². The number of carbonyl (C=O) groups is 1. The number of aryl methyl sites for hydroxylation is 1. The lowest BCUT2D eigenvalue weighted by Gasteiger charge is -2.23. The Morgan fingerprint density at radius 2 is 2.10 bits per heavy atom. The lowest BCUT2D eigenvalue weighted by Crippen LogP contribution is -2.25. The van der Waals surface area contributed by atoms with Crippen LogP contribution < -0.4 is 10.6 Å². The summed E-state index contributed by atoms with van der Waals surface area (Å²) in [6, 6.07) is 3.39. The van der Waals surface area contributed by atoms with E-state index in [-0.39, 0.29) is 17.9 Å². The fourth-order valence-electron chi connectivity index (χ4n) is 2.10. The van der Waals surface area contributed by atoms with Crippen LogP contribution in [0.15, 0.2) is 24.7 Å². The number of nitrogens with zero attached hydrogens (tertiary/aromatic N) is 4. The maximum Gasteiger partial charge on any atom is 0.254 e. The Bertz CT molecular complexity index is 621. The first-order valence-electron chi connectivity index (χ1n) is 6.82. The van der Waals surface area contributed by atoms with Gasteiger partial charge in [0.2, 0.25) is 0 Å². The normalized spacial score (nSPS) is 12.2. The van der Waals surface area contributed by atoms with Gasteiger partial charge in [0.05, 0.1) is 11.6 Å². The second kappa shape index (κ2) is 6.34. The van der Waals surface area contributed by atoms with Gasteiger partial charge in [-0.25, -0.2) is 9.97 Å². The van der Waals surface area contributed by atoms with Gasteiger partial charge in [0.1, 0.15) is 18.0 Å². The van der Waals surface area contributed by atoms with E-state index in [2.05, 4.69) is 39.5 Å². The number of rotatable bonds is 5. The van der Waals surface area contributed by atoms with Crippen molar-refractivity contribution in [2.75, 3.05) is 12.4 Å². The summed E-state index contributed by atoms with van der Waals surface area (Å²) in [5.41, 5.74) is 0.507. The molecule has 7 nitrogen and oxygen atoms in total. The van der Waals surface area contributed by atoms with Crippen LogP contribution in [0.2, 0.25) is 0 Å². The minimum absolute atomic E-state index is 0.0872. The van der Waals surface area contributed by atoms with Gasteiger partial charge < -0.3 is 10.6 Å². The molecule has 0 aliphatic carbocycles. The van der Waals surface area contributed by atoms with Crippen molar-refractivity contribution >= 4 is 11.7 Å². The van der Waals surface area contributed by atoms with Gasteiger partial charge in [-0.3, -0.25) is 9.48 Å². The summed E-state index contributed by atoms with van der Waals surface area (Å²) in [4.78, 5) is 20.5. The van der Waals surface area contributed by atoms with E-state index in [0.29, 0.717) is 11.4 Å². The zero-order chi connectivity index (χ0) is 15.4. The quantitative estimate of drug-likeness (QED) is 0.868. The number of amides is 1. The van der Waals surface area contributed by atoms with Gasteiger partial charge in [-0.15, -0.1) is 0 Å². The summed E-state index contributed by atoms with van der Waals surface area (Å²) in [7, 11) is 3.44. The molecule has 0 aliphatic rings. The molecule has 7 heteroatoms. The predicted octanol–water partition coefficient (Wildman–Crippen LogP) is 1.38. The lowest BCUT2D eigenvalue weighted by atomic mass is 10.0. The van der Waals surface area contributed by atoms with Gasteiger partial charge in [-0.2, -0.15) is 5.10 Å². The number of pyridine rings is 1. The number of hydrogen-bond acceptors (Lipinski definition) is 5. The van der Waals surface area contributed by atoms with Crippen molar-refractivity contribution in [1.82, 2.24) is 25.1 Å². The van der Waals surface area contributed by atoms with Crippen molar-refractivity contribution in [1.29, 1.82) is 0 Å². The lowest BCUT2D eigenvalue weighted by molar-refractivity contribution is 0.0963. The fraction of sp³-hybridized carbons (Fsp3) is 0.429. The molecule has 2 rings (SSSR count). The maximum absolute atomic E-state index is 11.9. The fourth-order valence-corrected chi connectivity index (χ4v) is 2.10. The molecule has 0 aliphatic heterocycles. The van der Waals surface area contributed by atoms with Gasteiger partial charge >= 0.3 is 0 Å². The van der Waals surface area contributed by atoms with Crippen LogP contribution in [-0.4, -0.2) is 32.7 Å². The standard InChI is InChI=1S/C14H20N6O/c1-9(2)11(13-17-8-18-20(13)4)19-12-10(14(21)15-3)6-5-7-16-12/h5-9,11H,1-4H3,(H,15,21)(H,16,19). The van der Waals surface area contributed by atoms with E-state index < -0.39 is 0 Å². The molecule has 1 amide bonds. The summed E-state index contributed by atoms with van der Waals surface area (Å²) >= 11 is 0. The third kappa shape index (κ3) is 3.18. The van der Waals surface area contributed by atoms with Crippen LogP contribution in [0.25, 0.3) is 0 Å². The van der Waals surface area contributed by atoms with E-state index in [1.54, 1.807) is 30.1 Å². The van der Waals surface area contributed by atoms with Crippen molar-refractivity contribution in [3.8, 4) is 0 Å². The van der Waals surface area contributed by atoms with Crippen LogP contribution in [0.4, 0.5) is 5.82 Å². The summed E-state index contributed by atoms with van der Waals surface area (Å²) < 4.78 is 1.72. The molecular weight excluding hydrogens is 268 g/mol. The van der Waals surface area contributed by atoms with Gasteiger partial charge in [-0.05, 0) is 18.1 Å². The van der Waals surface area contributed by atoms with E-state index in [1.165, 1.54) is 6.33 Å². The molecule has 2 N–H and O–H groups in total. The highest BCUT2D eigenvalue weighted by atomic mass is 16.1. The summed E-state index contributed by atoms with van der Waals surface area (Å²) in [5.74, 6) is 1.43. The van der Waals surface area contributed by atoms with Crippen molar-refractivity contribution in [3.63, 3.8) is 0 Å². The molecule has 0 radical (unpaired) electrons. The molecule has 2 aromatic rings. The van der Waals surface area contributed by atoms with E-state index >= 15 is 0 Å². The van der Waals surface area contributed by atoms with Crippen molar-refractivity contribution in [2.24, 2.45) is 13.0 Å². The van der Waals surface area contributed by atoms with Gasteiger partial charge in [0.15, 0.2) is 0 Å². The summed E-state index contributed by atoms with van der Waals surface area (Å²) in [5, 5.41) is 10.0. The van der Waals surface area contributed by atoms with Crippen molar-refractivity contribution in [2.45, 2.75) is 19.9 Å². The van der Waals surface area contributed by atoms with Gasteiger partial charge in [0, 0.05) is 20.3 Å². The van der Waals surface area contributed by atoms with Crippen LogP contribution in [0.5, 0.6) is 0 Å². The van der Waals surface area contributed by atoms with E-state index in [9.17, 15) is 4.79 Å². The van der Waals surface area contributed by atoms with Crippen LogP contribution in [0, 0.1) is 5.92 Å². The molecule has 0 aromatic carbocycles. The molecule has 2 aromatic heterocycles. The Balaban J connectivity index is 2.35. The maximum atomic E-state index is 11.9. The van der Waals surface area contributed by atoms with Gasteiger partial charge in [-0.1, -0.05) is 13.8 Å². The van der Waals surface area contributed by atoms with Crippen LogP contribution in [-0.2, 0) is 7.05 Å². The second-order valence-corrected chi connectivity index (χ2v) is 5.09. The first-order chi connectivity index (χ1) is 10.0. The Morgan fingerprint density at radius 1 is 1.33 bits per heavy atom. The summed E-state index contributed by atoms with van der Waals surface area (Å²) in [6.45, 7) is 4.16. The molecular formula is C14H20N6O. The SMILES string of the molecule is CNC(=O)c1cccnc1NC(c1ncnn1C)C(C)C. The molecule has 0 spiro atoms. The highest BCUT2D eigenvalue weighted by molar-refractivity contribution is 5.98. The van der Waals surface area contributed by atoms with Crippen LogP contribution in [0.1, 0.15) is 36.1 Å². The Hall–Kier alpha value is -2.44. The third-order valence-corrected chi connectivity index (χ3v) is 3.26. The zero-order valence-electron chi connectivity index (χ0n) is 12.7. The van der Waals surface area contributed by atoms with Crippen LogP contribution >= 0.6 is 0 Å². The molecule has 0 fully saturated rings. The summed E-state index contributed by atoms with van der Waals surface area (Å²) in [6.07, 6.45) is 3.17. The highest BCUT2D eigenvalue weighted by Gasteiger charge is 2.23. The molecule has 1 unspecified atom stereocenters. The van der Waals surface area contributed by atoms with Crippen molar-refractivity contribution < 1.29 is 4.79 Å². The molecule has 21 heavy (non-hydrogen) atoms. The molecule has 0 saturated carbocycles. The second-order valence-electron chi connectivity index (χ2n) is 5.09. The average Bonchev–Trinajstić information content (AvgIpc) is 2.90. The van der Waals surface area contributed by atoms with Gasteiger partial charge in [0.25, 0.3) is 5.91 Å². The Labute approximate surface area is 123 Å². The minimum atomic E-state index is -0.175. The smallest absolute Gasteiger partial charge is 0.254 e. The Kier molecular flexibility index (Phi) is 4.52. The first kappa shape index (κ1) is 15.0. The monoisotopic (exact) mass is 288 g/mol. The van der Waals surface area contributed by atoms with E-state index in [4.69, 9.17) is 0 Å². The number of aromatic nitrogens is 4. The average molecular weight is 288 g/mol. The number of anilines is 1. The largest absolute Gasteiger partial charge is 0.359 e. The van der Waals surface area contributed by atoms with E-state index in [0.717, 1.165) is 5.82 Å². The molecule has 0 bridgehead atoms.